The quantitative estimate of drug-likeness (QED) is 0.436. The number of hydrogen-bond donors (Lipinski definition) is 0. The van der Waals surface area contributed by atoms with Gasteiger partial charge in [0.2, 0.25) is 0 Å². The first-order valence-electron chi connectivity index (χ1n) is 4.90. The number of unbranched alkanes of at least 4 members (excludes halogenated alkanes) is 1. The van der Waals surface area contributed by atoms with Gasteiger partial charge in [0, 0.05) is 13.2 Å². The van der Waals surface area contributed by atoms with Gasteiger partial charge in [0.15, 0.2) is 5.79 Å². The van der Waals surface area contributed by atoms with Crippen molar-refractivity contribution in [2.75, 3.05) is 13.2 Å². The van der Waals surface area contributed by atoms with E-state index in [9.17, 15) is 0 Å². The Morgan fingerprint density at radius 3 is 2.00 bits per heavy atom. The lowest BCUT2D eigenvalue weighted by molar-refractivity contribution is -0.213. The summed E-state index contributed by atoms with van der Waals surface area (Å²) < 4.78 is 11.1. The summed E-state index contributed by atoms with van der Waals surface area (Å²) in [6.07, 6.45) is 3.32. The summed E-state index contributed by atoms with van der Waals surface area (Å²) >= 11 is 0. The molecule has 0 fully saturated rings. The van der Waals surface area contributed by atoms with E-state index in [4.69, 9.17) is 9.47 Å². The van der Waals surface area contributed by atoms with Crippen LogP contribution in [-0.4, -0.2) is 19.0 Å². The molecule has 0 unspecified atom stereocenters. The number of rotatable bonds is 7. The van der Waals surface area contributed by atoms with Crippen LogP contribution in [0.25, 0.3) is 0 Å². The fourth-order valence-electron chi connectivity index (χ4n) is 0.852. The average molecular weight is 174 g/mol. The van der Waals surface area contributed by atoms with Gasteiger partial charge in [-0.2, -0.15) is 0 Å². The molecule has 74 valence electrons. The van der Waals surface area contributed by atoms with Crippen LogP contribution in [-0.2, 0) is 9.47 Å². The second-order valence-electron chi connectivity index (χ2n) is 3.45. The predicted octanol–water partition coefficient (Wildman–Crippen LogP) is 2.97. The molecular weight excluding hydrogens is 152 g/mol. The van der Waals surface area contributed by atoms with E-state index in [1.165, 1.54) is 6.42 Å². The topological polar surface area (TPSA) is 18.5 Å². The maximum atomic E-state index is 5.55. The summed E-state index contributed by atoms with van der Waals surface area (Å²) in [6.45, 7) is 9.77. The molecule has 0 spiro atoms. The third-order valence-corrected chi connectivity index (χ3v) is 1.60. The van der Waals surface area contributed by atoms with Crippen molar-refractivity contribution in [2.24, 2.45) is 0 Å². The van der Waals surface area contributed by atoms with Gasteiger partial charge in [-0.1, -0.05) is 20.3 Å². The predicted molar refractivity (Wildman–Crippen MR) is 51.2 cm³/mol. The van der Waals surface area contributed by atoms with Gasteiger partial charge in [-0.3, -0.25) is 0 Å². The standard InChI is InChI=1S/C10H22O2/c1-5-7-9-12-10(3,4)11-8-6-2/h5-9H2,1-4H3. The lowest BCUT2D eigenvalue weighted by atomic mass is 10.3. The van der Waals surface area contributed by atoms with Gasteiger partial charge < -0.3 is 9.47 Å². The lowest BCUT2D eigenvalue weighted by Crippen LogP contribution is -2.29. The van der Waals surface area contributed by atoms with E-state index >= 15 is 0 Å². The Bertz CT molecular complexity index is 100. The minimum Gasteiger partial charge on any atom is -0.351 e. The molecule has 0 aliphatic carbocycles. The highest BCUT2D eigenvalue weighted by molar-refractivity contribution is 4.53. The van der Waals surface area contributed by atoms with Gasteiger partial charge >= 0.3 is 0 Å². The SMILES string of the molecule is CCCCOC(C)(C)OCCC. The molecule has 0 aliphatic rings. The monoisotopic (exact) mass is 174 g/mol. The van der Waals surface area contributed by atoms with Crippen molar-refractivity contribution in [3.05, 3.63) is 0 Å². The van der Waals surface area contributed by atoms with E-state index in [0.717, 1.165) is 26.1 Å². The van der Waals surface area contributed by atoms with Crippen LogP contribution in [0.15, 0.2) is 0 Å². The van der Waals surface area contributed by atoms with E-state index in [1.54, 1.807) is 0 Å². The van der Waals surface area contributed by atoms with Crippen LogP contribution in [0.4, 0.5) is 0 Å². The zero-order valence-corrected chi connectivity index (χ0v) is 8.85. The first-order chi connectivity index (χ1) is 5.62. The van der Waals surface area contributed by atoms with Gasteiger partial charge in [-0.25, -0.2) is 0 Å². The molecule has 12 heavy (non-hydrogen) atoms. The third kappa shape index (κ3) is 6.62. The number of hydrogen-bond acceptors (Lipinski definition) is 2. The summed E-state index contributed by atoms with van der Waals surface area (Å²) in [6, 6.07) is 0. The Balaban J connectivity index is 3.42. The van der Waals surface area contributed by atoms with Crippen LogP contribution in [0.3, 0.4) is 0 Å². The van der Waals surface area contributed by atoms with Gasteiger partial charge in [0.1, 0.15) is 0 Å². The molecule has 0 N–H and O–H groups in total. The third-order valence-electron chi connectivity index (χ3n) is 1.60. The Morgan fingerprint density at radius 2 is 1.50 bits per heavy atom. The molecule has 0 atom stereocenters. The summed E-state index contributed by atoms with van der Waals surface area (Å²) in [5.74, 6) is -0.398. The van der Waals surface area contributed by atoms with E-state index in [-0.39, 0.29) is 0 Å². The van der Waals surface area contributed by atoms with Crippen molar-refractivity contribution in [1.29, 1.82) is 0 Å². The fourth-order valence-corrected chi connectivity index (χ4v) is 0.852. The summed E-state index contributed by atoms with van der Waals surface area (Å²) in [7, 11) is 0. The highest BCUT2D eigenvalue weighted by atomic mass is 16.7. The average Bonchev–Trinajstić information content (AvgIpc) is 2.01. The summed E-state index contributed by atoms with van der Waals surface area (Å²) in [5.41, 5.74) is 0. The Morgan fingerprint density at radius 1 is 0.917 bits per heavy atom. The van der Waals surface area contributed by atoms with E-state index in [1.807, 2.05) is 13.8 Å². The molecule has 0 radical (unpaired) electrons. The van der Waals surface area contributed by atoms with Crippen LogP contribution >= 0.6 is 0 Å². The molecule has 0 aromatic heterocycles. The van der Waals surface area contributed by atoms with Crippen LogP contribution in [0.5, 0.6) is 0 Å². The zero-order valence-electron chi connectivity index (χ0n) is 8.85. The first-order valence-corrected chi connectivity index (χ1v) is 4.90. The molecule has 2 nitrogen and oxygen atoms in total. The maximum absolute atomic E-state index is 5.55. The van der Waals surface area contributed by atoms with Crippen LogP contribution in [0.2, 0.25) is 0 Å². The first kappa shape index (κ1) is 11.9. The molecule has 0 rings (SSSR count). The van der Waals surface area contributed by atoms with E-state index in [2.05, 4.69) is 13.8 Å². The molecule has 0 bridgehead atoms. The molecule has 0 heterocycles. The molecule has 0 amide bonds. The zero-order chi connectivity index (χ0) is 9.45. The van der Waals surface area contributed by atoms with Crippen molar-refractivity contribution in [3.63, 3.8) is 0 Å². The van der Waals surface area contributed by atoms with Crippen molar-refractivity contribution >= 4 is 0 Å². The van der Waals surface area contributed by atoms with Gasteiger partial charge in [0.05, 0.1) is 0 Å². The highest BCUT2D eigenvalue weighted by Crippen LogP contribution is 2.12. The molecule has 2 heteroatoms. The van der Waals surface area contributed by atoms with Crippen LogP contribution in [0.1, 0.15) is 47.0 Å². The van der Waals surface area contributed by atoms with Crippen molar-refractivity contribution < 1.29 is 9.47 Å². The number of ether oxygens (including phenoxy) is 2. The lowest BCUT2D eigenvalue weighted by Gasteiger charge is -2.25. The molecule has 0 aromatic rings. The Hall–Kier alpha value is -0.0800. The van der Waals surface area contributed by atoms with E-state index in [0.29, 0.717) is 0 Å². The highest BCUT2D eigenvalue weighted by Gasteiger charge is 2.17. The summed E-state index contributed by atoms with van der Waals surface area (Å²) in [4.78, 5) is 0. The molecule has 0 aromatic carbocycles. The van der Waals surface area contributed by atoms with Gasteiger partial charge in [-0.15, -0.1) is 0 Å². The Labute approximate surface area is 76.3 Å². The van der Waals surface area contributed by atoms with Crippen molar-refractivity contribution in [2.45, 2.75) is 52.7 Å². The molecular formula is C10H22O2. The van der Waals surface area contributed by atoms with Crippen molar-refractivity contribution in [1.82, 2.24) is 0 Å². The van der Waals surface area contributed by atoms with Gasteiger partial charge in [-0.05, 0) is 26.7 Å². The smallest absolute Gasteiger partial charge is 0.162 e. The Kier molecular flexibility index (Phi) is 6.39. The minimum absolute atomic E-state index is 0.398. The second-order valence-corrected chi connectivity index (χ2v) is 3.45. The molecule has 0 saturated heterocycles. The van der Waals surface area contributed by atoms with E-state index < -0.39 is 5.79 Å². The minimum atomic E-state index is -0.398. The van der Waals surface area contributed by atoms with Gasteiger partial charge in [0.25, 0.3) is 0 Å². The maximum Gasteiger partial charge on any atom is 0.162 e. The molecule has 0 aliphatic heterocycles. The largest absolute Gasteiger partial charge is 0.351 e. The molecule has 0 saturated carbocycles. The van der Waals surface area contributed by atoms with Crippen molar-refractivity contribution in [3.8, 4) is 0 Å². The normalized spacial score (nSPS) is 12.0. The van der Waals surface area contributed by atoms with Crippen LogP contribution < -0.4 is 0 Å². The second kappa shape index (κ2) is 6.44. The fraction of sp³-hybridized carbons (Fsp3) is 1.00. The summed E-state index contributed by atoms with van der Waals surface area (Å²) in [5, 5.41) is 0. The van der Waals surface area contributed by atoms with Crippen LogP contribution in [0, 0.1) is 0 Å².